The maximum atomic E-state index is 12.1. The zero-order valence-corrected chi connectivity index (χ0v) is 16.7. The topological polar surface area (TPSA) is 71.0 Å². The van der Waals surface area contributed by atoms with Gasteiger partial charge in [-0.3, -0.25) is 9.59 Å². The molecule has 2 amide bonds. The summed E-state index contributed by atoms with van der Waals surface area (Å²) in [7, 11) is 0. The molecule has 0 aliphatic carbocycles. The number of carbonyl (C=O) groups is 2. The SMILES string of the molecule is CCc1ccc(C2=NN(CCC(=O)NCCCOC(C)C)C(=O)CC2)cc1. The van der Waals surface area contributed by atoms with Gasteiger partial charge < -0.3 is 10.1 Å². The summed E-state index contributed by atoms with van der Waals surface area (Å²) in [6, 6.07) is 8.29. The van der Waals surface area contributed by atoms with Crippen molar-refractivity contribution in [1.82, 2.24) is 10.3 Å². The van der Waals surface area contributed by atoms with Gasteiger partial charge in [-0.1, -0.05) is 31.2 Å². The molecular formula is C21H31N3O3. The summed E-state index contributed by atoms with van der Waals surface area (Å²) >= 11 is 0. The highest BCUT2D eigenvalue weighted by Crippen LogP contribution is 2.16. The van der Waals surface area contributed by atoms with E-state index in [9.17, 15) is 9.59 Å². The van der Waals surface area contributed by atoms with Crippen molar-refractivity contribution in [2.75, 3.05) is 19.7 Å². The van der Waals surface area contributed by atoms with Gasteiger partial charge >= 0.3 is 0 Å². The predicted octanol–water partition coefficient (Wildman–Crippen LogP) is 2.90. The van der Waals surface area contributed by atoms with Gasteiger partial charge in [0, 0.05) is 32.4 Å². The Balaban J connectivity index is 1.81. The molecule has 1 aromatic carbocycles. The van der Waals surface area contributed by atoms with E-state index in [-0.39, 0.29) is 24.3 Å². The minimum Gasteiger partial charge on any atom is -0.379 e. The lowest BCUT2D eigenvalue weighted by atomic mass is 10.0. The Morgan fingerprint density at radius 1 is 1.26 bits per heavy atom. The minimum absolute atomic E-state index is 0.0259. The highest BCUT2D eigenvalue weighted by Gasteiger charge is 2.21. The highest BCUT2D eigenvalue weighted by atomic mass is 16.5. The van der Waals surface area contributed by atoms with E-state index in [1.807, 2.05) is 13.8 Å². The molecule has 0 radical (unpaired) electrons. The van der Waals surface area contributed by atoms with Crippen LogP contribution in [0.3, 0.4) is 0 Å². The molecule has 0 spiro atoms. The molecular weight excluding hydrogens is 342 g/mol. The van der Waals surface area contributed by atoms with Gasteiger partial charge in [0.25, 0.3) is 0 Å². The molecule has 1 heterocycles. The molecule has 1 aliphatic heterocycles. The summed E-state index contributed by atoms with van der Waals surface area (Å²) < 4.78 is 5.44. The molecule has 1 N–H and O–H groups in total. The second-order valence-electron chi connectivity index (χ2n) is 6.99. The van der Waals surface area contributed by atoms with Crippen LogP contribution in [0, 0.1) is 0 Å². The normalized spacial score (nSPS) is 14.4. The number of benzene rings is 1. The molecule has 0 saturated heterocycles. The Hall–Kier alpha value is -2.21. The number of ether oxygens (including phenoxy) is 1. The lowest BCUT2D eigenvalue weighted by Gasteiger charge is -2.23. The fraction of sp³-hybridized carbons (Fsp3) is 0.571. The first-order valence-electron chi connectivity index (χ1n) is 9.85. The van der Waals surface area contributed by atoms with Crippen molar-refractivity contribution in [3.63, 3.8) is 0 Å². The lowest BCUT2D eigenvalue weighted by Crippen LogP contribution is -2.35. The van der Waals surface area contributed by atoms with Crippen molar-refractivity contribution in [3.8, 4) is 0 Å². The largest absolute Gasteiger partial charge is 0.379 e. The zero-order chi connectivity index (χ0) is 19.6. The first kappa shape index (κ1) is 21.1. The Morgan fingerprint density at radius 2 is 2.00 bits per heavy atom. The van der Waals surface area contributed by atoms with Crippen LogP contribution >= 0.6 is 0 Å². The number of hydrogen-bond donors (Lipinski definition) is 1. The first-order valence-corrected chi connectivity index (χ1v) is 9.85. The quantitative estimate of drug-likeness (QED) is 0.641. The van der Waals surface area contributed by atoms with Gasteiger partial charge in [0.05, 0.1) is 18.4 Å². The van der Waals surface area contributed by atoms with Gasteiger partial charge in [-0.05, 0) is 37.8 Å². The van der Waals surface area contributed by atoms with Crippen LogP contribution in [0.15, 0.2) is 29.4 Å². The monoisotopic (exact) mass is 373 g/mol. The second kappa shape index (κ2) is 10.8. The molecule has 148 valence electrons. The summed E-state index contributed by atoms with van der Waals surface area (Å²) in [5.74, 6) is -0.0935. The standard InChI is InChI=1S/C21H31N3O3/c1-4-17-6-8-18(9-7-17)19-10-11-21(26)24(23-19)14-12-20(25)22-13-5-15-27-16(2)3/h6-9,16H,4-5,10-15H2,1-3H3,(H,22,25). The van der Waals surface area contributed by atoms with Gasteiger partial charge in [-0.25, -0.2) is 5.01 Å². The van der Waals surface area contributed by atoms with Crippen molar-refractivity contribution < 1.29 is 14.3 Å². The summed E-state index contributed by atoms with van der Waals surface area (Å²) in [5.41, 5.74) is 3.22. The second-order valence-corrected chi connectivity index (χ2v) is 6.99. The van der Waals surface area contributed by atoms with Crippen molar-refractivity contribution in [2.45, 2.75) is 59.0 Å². The van der Waals surface area contributed by atoms with Crippen LogP contribution in [-0.4, -0.2) is 48.3 Å². The van der Waals surface area contributed by atoms with Crippen LogP contribution in [0.5, 0.6) is 0 Å². The van der Waals surface area contributed by atoms with E-state index in [0.717, 1.165) is 24.1 Å². The lowest BCUT2D eigenvalue weighted by molar-refractivity contribution is -0.132. The Kier molecular flexibility index (Phi) is 8.45. The maximum absolute atomic E-state index is 12.1. The number of carbonyl (C=O) groups excluding carboxylic acids is 2. The summed E-state index contributed by atoms with van der Waals surface area (Å²) in [4.78, 5) is 24.1. The fourth-order valence-corrected chi connectivity index (χ4v) is 2.83. The predicted molar refractivity (Wildman–Crippen MR) is 107 cm³/mol. The molecule has 1 aliphatic rings. The molecule has 0 bridgehead atoms. The fourth-order valence-electron chi connectivity index (χ4n) is 2.83. The van der Waals surface area contributed by atoms with Crippen LogP contribution < -0.4 is 5.32 Å². The van der Waals surface area contributed by atoms with Gasteiger partial charge in [-0.2, -0.15) is 5.10 Å². The van der Waals surface area contributed by atoms with Crippen LogP contribution in [0.25, 0.3) is 0 Å². The maximum Gasteiger partial charge on any atom is 0.243 e. The van der Waals surface area contributed by atoms with Crippen molar-refractivity contribution in [2.24, 2.45) is 5.10 Å². The van der Waals surface area contributed by atoms with E-state index in [1.54, 1.807) is 0 Å². The number of hydrazone groups is 1. The third kappa shape index (κ3) is 7.13. The molecule has 6 heteroatoms. The number of amides is 2. The van der Waals surface area contributed by atoms with E-state index in [1.165, 1.54) is 10.6 Å². The molecule has 0 saturated carbocycles. The average molecular weight is 373 g/mol. The average Bonchev–Trinajstić information content (AvgIpc) is 2.67. The zero-order valence-electron chi connectivity index (χ0n) is 16.7. The molecule has 1 aromatic rings. The van der Waals surface area contributed by atoms with E-state index in [4.69, 9.17) is 4.74 Å². The number of rotatable bonds is 10. The van der Waals surface area contributed by atoms with Crippen LogP contribution in [0.1, 0.15) is 57.6 Å². The van der Waals surface area contributed by atoms with Gasteiger partial charge in [0.15, 0.2) is 0 Å². The molecule has 6 nitrogen and oxygen atoms in total. The number of aryl methyl sites for hydroxylation is 1. The van der Waals surface area contributed by atoms with Crippen LogP contribution in [0.4, 0.5) is 0 Å². The van der Waals surface area contributed by atoms with Crippen molar-refractivity contribution in [1.29, 1.82) is 0 Å². The van der Waals surface area contributed by atoms with Crippen LogP contribution in [-0.2, 0) is 20.7 Å². The Morgan fingerprint density at radius 3 is 2.67 bits per heavy atom. The molecule has 0 fully saturated rings. The molecule has 2 rings (SSSR count). The third-order valence-electron chi connectivity index (χ3n) is 4.45. The Bertz CT molecular complexity index is 653. The van der Waals surface area contributed by atoms with Gasteiger partial charge in [0.2, 0.25) is 11.8 Å². The van der Waals surface area contributed by atoms with E-state index < -0.39 is 0 Å². The Labute approximate surface area is 162 Å². The first-order chi connectivity index (χ1) is 13.0. The van der Waals surface area contributed by atoms with Gasteiger partial charge in [0.1, 0.15) is 0 Å². The van der Waals surface area contributed by atoms with Crippen molar-refractivity contribution >= 4 is 17.5 Å². The van der Waals surface area contributed by atoms with Gasteiger partial charge in [-0.15, -0.1) is 0 Å². The molecule has 0 aromatic heterocycles. The molecule has 0 unspecified atom stereocenters. The highest BCUT2D eigenvalue weighted by molar-refractivity contribution is 6.04. The van der Waals surface area contributed by atoms with E-state index in [0.29, 0.717) is 32.5 Å². The van der Waals surface area contributed by atoms with Crippen LogP contribution in [0.2, 0.25) is 0 Å². The molecule has 0 atom stereocenters. The summed E-state index contributed by atoms with van der Waals surface area (Å²) in [6.07, 6.45) is 3.31. The summed E-state index contributed by atoms with van der Waals surface area (Å²) in [5, 5.41) is 8.79. The summed E-state index contributed by atoms with van der Waals surface area (Å²) in [6.45, 7) is 7.62. The number of nitrogens with one attached hydrogen (secondary N) is 1. The van der Waals surface area contributed by atoms with E-state index >= 15 is 0 Å². The van der Waals surface area contributed by atoms with E-state index in [2.05, 4.69) is 41.6 Å². The minimum atomic E-state index is -0.0676. The number of nitrogens with zero attached hydrogens (tertiary/aromatic N) is 2. The molecule has 27 heavy (non-hydrogen) atoms. The smallest absolute Gasteiger partial charge is 0.243 e. The number of hydrogen-bond acceptors (Lipinski definition) is 4. The van der Waals surface area contributed by atoms with Crippen molar-refractivity contribution in [3.05, 3.63) is 35.4 Å². The third-order valence-corrected chi connectivity index (χ3v) is 4.45.